The number of halogens is 1. The highest BCUT2D eigenvalue weighted by Gasteiger charge is 2.08. The Labute approximate surface area is 98.2 Å². The minimum atomic E-state index is -0.185. The quantitative estimate of drug-likeness (QED) is 0.322. The van der Waals surface area contributed by atoms with Gasteiger partial charge in [-0.05, 0) is 18.2 Å². The molecular weight excluding hydrogens is 212 g/mol. The van der Waals surface area contributed by atoms with Crippen LogP contribution in [0, 0.1) is 0 Å². The molecule has 0 saturated carbocycles. The average molecular weight is 231 g/mol. The summed E-state index contributed by atoms with van der Waals surface area (Å²) in [7, 11) is 4.20. The van der Waals surface area contributed by atoms with E-state index in [4.69, 9.17) is 0 Å². The molecule has 0 fully saturated rings. The molecular formula is C11H19ClN2O. The summed E-state index contributed by atoms with van der Waals surface area (Å²) in [4.78, 5) is 10.8. The van der Waals surface area contributed by atoms with Crippen LogP contribution in [-0.4, -0.2) is 37.6 Å². The van der Waals surface area contributed by atoms with Gasteiger partial charge in [0, 0.05) is 6.20 Å². The predicted octanol–water partition coefficient (Wildman–Crippen LogP) is -1.93. The summed E-state index contributed by atoms with van der Waals surface area (Å²) in [5.74, 6) is -0.185. The van der Waals surface area contributed by atoms with Crippen LogP contribution in [0.25, 0.3) is 0 Å². The van der Waals surface area contributed by atoms with E-state index >= 15 is 0 Å². The van der Waals surface area contributed by atoms with Crippen molar-refractivity contribution < 1.29 is 21.7 Å². The molecule has 4 heteroatoms. The van der Waals surface area contributed by atoms with Crippen LogP contribution in [0.3, 0.4) is 0 Å². The van der Waals surface area contributed by atoms with E-state index < -0.39 is 0 Å². The Balaban J connectivity index is 0. The number of hydrogen-bond donors (Lipinski definition) is 1. The van der Waals surface area contributed by atoms with Crippen molar-refractivity contribution in [2.45, 2.75) is 0 Å². The lowest BCUT2D eigenvalue weighted by atomic mass is 10.4. The van der Waals surface area contributed by atoms with Crippen LogP contribution < -0.4 is 17.7 Å². The van der Waals surface area contributed by atoms with Gasteiger partial charge in [0.1, 0.15) is 0 Å². The largest absolute Gasteiger partial charge is 1.00 e. The zero-order chi connectivity index (χ0) is 11.0. The van der Waals surface area contributed by atoms with Gasteiger partial charge >= 0.3 is 0 Å². The first kappa shape index (κ1) is 16.4. The number of carbonyl (C=O) groups excluding carboxylic acids is 1. The monoisotopic (exact) mass is 230 g/mol. The summed E-state index contributed by atoms with van der Waals surface area (Å²) in [6.07, 6.45) is 6.70. The third-order valence-corrected chi connectivity index (χ3v) is 1.75. The minimum absolute atomic E-state index is 0. The van der Waals surface area contributed by atoms with Gasteiger partial charge in [0.2, 0.25) is 5.91 Å². The Morgan fingerprint density at radius 3 is 2.40 bits per heavy atom. The van der Waals surface area contributed by atoms with E-state index in [1.807, 2.05) is 12.2 Å². The van der Waals surface area contributed by atoms with E-state index in [9.17, 15) is 4.79 Å². The predicted molar refractivity (Wildman–Crippen MR) is 59.5 cm³/mol. The van der Waals surface area contributed by atoms with Crippen LogP contribution in [0.15, 0.2) is 37.6 Å². The fourth-order valence-corrected chi connectivity index (χ4v) is 0.962. The summed E-state index contributed by atoms with van der Waals surface area (Å²) >= 11 is 0. The lowest BCUT2D eigenvalue weighted by molar-refractivity contribution is -0.878. The summed E-state index contributed by atoms with van der Waals surface area (Å²) in [5, 5.41) is 2.57. The second-order valence-electron chi connectivity index (χ2n) is 3.70. The standard InChI is InChI=1S/C11H18N2O.ClH/c1-5-9-13(3,4)10-7-8-12-11(14)6-2;/h5-8H,1-2,9-10H2,3-4H3;1H. The van der Waals surface area contributed by atoms with E-state index in [0.29, 0.717) is 0 Å². The molecule has 0 heterocycles. The zero-order valence-electron chi connectivity index (χ0n) is 9.37. The summed E-state index contributed by atoms with van der Waals surface area (Å²) in [6.45, 7) is 8.80. The molecule has 0 bridgehead atoms. The number of amides is 1. The summed E-state index contributed by atoms with van der Waals surface area (Å²) in [6, 6.07) is 0. The second-order valence-corrected chi connectivity index (χ2v) is 3.70. The van der Waals surface area contributed by atoms with Gasteiger partial charge in [-0.25, -0.2) is 0 Å². The first-order valence-electron chi connectivity index (χ1n) is 4.52. The number of hydrogen-bond acceptors (Lipinski definition) is 1. The van der Waals surface area contributed by atoms with Crippen molar-refractivity contribution in [1.82, 2.24) is 5.32 Å². The Bertz CT molecular complexity index is 247. The molecule has 0 aliphatic heterocycles. The van der Waals surface area contributed by atoms with Crippen LogP contribution in [0.5, 0.6) is 0 Å². The molecule has 0 aliphatic rings. The lowest BCUT2D eigenvalue weighted by Gasteiger charge is -2.26. The van der Waals surface area contributed by atoms with Gasteiger partial charge in [-0.1, -0.05) is 13.2 Å². The first-order chi connectivity index (χ1) is 6.52. The van der Waals surface area contributed by atoms with E-state index in [-0.39, 0.29) is 18.3 Å². The van der Waals surface area contributed by atoms with Gasteiger partial charge < -0.3 is 22.2 Å². The van der Waals surface area contributed by atoms with Gasteiger partial charge in [0.25, 0.3) is 0 Å². The highest BCUT2D eigenvalue weighted by atomic mass is 35.5. The molecule has 86 valence electrons. The van der Waals surface area contributed by atoms with Crippen LogP contribution in [0.1, 0.15) is 0 Å². The Morgan fingerprint density at radius 1 is 1.33 bits per heavy atom. The maximum atomic E-state index is 10.8. The Hall–Kier alpha value is -1.06. The first-order valence-corrected chi connectivity index (χ1v) is 4.52. The number of nitrogens with zero attached hydrogens (tertiary/aromatic N) is 1. The van der Waals surface area contributed by atoms with Crippen LogP contribution in [-0.2, 0) is 4.79 Å². The smallest absolute Gasteiger partial charge is 0.247 e. The summed E-state index contributed by atoms with van der Waals surface area (Å²) in [5.41, 5.74) is 0. The molecule has 0 aliphatic carbocycles. The van der Waals surface area contributed by atoms with Crippen LogP contribution in [0.4, 0.5) is 0 Å². The van der Waals surface area contributed by atoms with Gasteiger partial charge in [-0.2, -0.15) is 0 Å². The molecule has 15 heavy (non-hydrogen) atoms. The summed E-state index contributed by atoms with van der Waals surface area (Å²) < 4.78 is 0.823. The van der Waals surface area contributed by atoms with E-state index in [1.165, 1.54) is 6.08 Å². The maximum Gasteiger partial charge on any atom is 0.247 e. The molecule has 0 aromatic heterocycles. The third-order valence-electron chi connectivity index (χ3n) is 1.75. The van der Waals surface area contributed by atoms with Crippen LogP contribution in [0.2, 0.25) is 0 Å². The Morgan fingerprint density at radius 2 is 1.93 bits per heavy atom. The van der Waals surface area contributed by atoms with E-state index in [2.05, 4.69) is 32.6 Å². The van der Waals surface area contributed by atoms with Crippen molar-refractivity contribution in [2.24, 2.45) is 0 Å². The molecule has 0 aromatic carbocycles. The fourth-order valence-electron chi connectivity index (χ4n) is 0.962. The molecule has 1 amide bonds. The van der Waals surface area contributed by atoms with Gasteiger partial charge in [-0.3, -0.25) is 4.79 Å². The van der Waals surface area contributed by atoms with Crippen molar-refractivity contribution in [3.63, 3.8) is 0 Å². The zero-order valence-corrected chi connectivity index (χ0v) is 10.1. The molecule has 0 spiro atoms. The normalized spacial score (nSPS) is 10.5. The SMILES string of the molecule is C=CC[N+](C)(C)CC=CNC(=O)C=C.[Cl-]. The fraction of sp³-hybridized carbons (Fsp3) is 0.364. The van der Waals surface area contributed by atoms with Gasteiger partial charge in [-0.15, -0.1) is 0 Å². The van der Waals surface area contributed by atoms with Crippen molar-refractivity contribution in [3.8, 4) is 0 Å². The molecule has 3 nitrogen and oxygen atoms in total. The third kappa shape index (κ3) is 9.25. The minimum Gasteiger partial charge on any atom is -1.00 e. The van der Waals surface area contributed by atoms with Gasteiger partial charge in [0.15, 0.2) is 0 Å². The van der Waals surface area contributed by atoms with Crippen molar-refractivity contribution >= 4 is 5.91 Å². The highest BCUT2D eigenvalue weighted by Crippen LogP contribution is 1.96. The molecule has 0 rings (SSSR count). The molecule has 0 atom stereocenters. The van der Waals surface area contributed by atoms with E-state index in [1.54, 1.807) is 6.20 Å². The Kier molecular flexibility index (Phi) is 9.02. The van der Waals surface area contributed by atoms with E-state index in [0.717, 1.165) is 17.6 Å². The van der Waals surface area contributed by atoms with Gasteiger partial charge in [0.05, 0.1) is 27.2 Å². The molecule has 0 unspecified atom stereocenters. The second kappa shape index (κ2) is 8.26. The number of likely N-dealkylation sites (N-methyl/N-ethyl adjacent to an activating group) is 1. The highest BCUT2D eigenvalue weighted by molar-refractivity contribution is 5.87. The van der Waals surface area contributed by atoms with Crippen molar-refractivity contribution in [3.05, 3.63) is 37.6 Å². The van der Waals surface area contributed by atoms with Crippen LogP contribution >= 0.6 is 0 Å². The molecule has 0 aromatic rings. The number of nitrogens with one attached hydrogen (secondary N) is 1. The lowest BCUT2D eigenvalue weighted by Crippen LogP contribution is -3.00. The van der Waals surface area contributed by atoms with Crippen molar-refractivity contribution in [2.75, 3.05) is 27.2 Å². The molecule has 0 radical (unpaired) electrons. The topological polar surface area (TPSA) is 29.1 Å². The van der Waals surface area contributed by atoms with Crippen molar-refractivity contribution in [1.29, 1.82) is 0 Å². The average Bonchev–Trinajstić information content (AvgIpc) is 2.12. The molecule has 0 saturated heterocycles. The molecule has 1 N–H and O–H groups in total. The maximum absolute atomic E-state index is 10.8. The number of rotatable bonds is 6. The number of carbonyl (C=O) groups is 1. The number of quaternary nitrogens is 1.